The van der Waals surface area contributed by atoms with Crippen LogP contribution in [0.3, 0.4) is 0 Å². The molecule has 0 unspecified atom stereocenters. The van der Waals surface area contributed by atoms with E-state index in [2.05, 4.69) is 17.0 Å². The summed E-state index contributed by atoms with van der Waals surface area (Å²) in [4.78, 5) is 35.6. The molecule has 2 saturated heterocycles. The lowest BCUT2D eigenvalue weighted by Crippen LogP contribution is -2.54. The Labute approximate surface area is 342 Å². The molecule has 1 spiro atoms. The Kier molecular flexibility index (Phi) is 13.7. The first kappa shape index (κ1) is 44.1. The smallest absolute Gasteiger partial charge is 0.396 e. The molecule has 0 radical (unpaired) electrons. The van der Waals surface area contributed by atoms with Crippen molar-refractivity contribution in [1.29, 1.82) is 0 Å². The van der Waals surface area contributed by atoms with E-state index in [1.54, 1.807) is 18.2 Å². The number of benzene rings is 3. The van der Waals surface area contributed by atoms with E-state index in [0.717, 1.165) is 5.56 Å². The van der Waals surface area contributed by atoms with Gasteiger partial charge in [0, 0.05) is 37.2 Å². The summed E-state index contributed by atoms with van der Waals surface area (Å²) in [7, 11) is 1.42. The third kappa shape index (κ3) is 9.61. The molecule has 17 heteroatoms. The molecule has 2 aliphatic heterocycles. The quantitative estimate of drug-likeness (QED) is 0.106. The van der Waals surface area contributed by atoms with Crippen molar-refractivity contribution in [1.82, 2.24) is 14.9 Å². The van der Waals surface area contributed by atoms with Gasteiger partial charge in [-0.05, 0) is 98.6 Å². The zero-order valence-electron chi connectivity index (χ0n) is 31.8. The highest BCUT2D eigenvalue weighted by molar-refractivity contribution is 6.42. The van der Waals surface area contributed by atoms with Gasteiger partial charge in [-0.25, -0.2) is 5.06 Å². The number of carbonyl (C=O) groups excluding carboxylic acids is 2. The van der Waals surface area contributed by atoms with Crippen molar-refractivity contribution in [3.05, 3.63) is 104 Å². The van der Waals surface area contributed by atoms with Crippen LogP contribution in [0.15, 0.2) is 60.7 Å². The SMILES string of the molecule is CON(CCCCO)C(=O)CO[C@H]1Cc2ccccc2C12CCN(CC[C@@]1(c3ccc(Cl)c(Cl)c3)CN(C(=O)c3cc(C(F)(F)F)cc(C(F)(F)F)c3)CCO1)CC2. The standard InChI is InChI=1S/C41H45Cl2F6N3O6/c1-56-52(13-4-5-18-53)36(54)25-57-35-22-27-6-2-3-7-32(27)38(35)10-14-50(15-11-38)16-12-39(29-8-9-33(42)34(43)24-29)26-51(17-19-58-39)37(55)28-20-30(40(44,45)46)23-31(21-28)41(47,48)49/h2-3,6-9,20-21,23-24,35,53H,4-5,10-19,22,25-26H2,1H3/t35-,39-/m0/s1. The van der Waals surface area contributed by atoms with Crippen molar-refractivity contribution in [3.8, 4) is 0 Å². The third-order valence-corrected chi connectivity index (χ3v) is 12.3. The summed E-state index contributed by atoms with van der Waals surface area (Å²) < 4.78 is 95.1. The molecule has 316 valence electrons. The van der Waals surface area contributed by atoms with Gasteiger partial charge in [-0.2, -0.15) is 26.3 Å². The van der Waals surface area contributed by atoms with Crippen LogP contribution in [-0.4, -0.2) is 104 Å². The lowest BCUT2D eigenvalue weighted by molar-refractivity contribution is -0.184. The molecular formula is C41H45Cl2F6N3O6. The molecule has 3 aromatic rings. The number of rotatable bonds is 13. The minimum atomic E-state index is -5.12. The second kappa shape index (κ2) is 18.0. The number of alkyl halides is 6. The number of nitrogens with zero attached hydrogens (tertiary/aromatic N) is 3. The van der Waals surface area contributed by atoms with Crippen LogP contribution in [0.2, 0.25) is 10.0 Å². The van der Waals surface area contributed by atoms with Crippen LogP contribution in [0.5, 0.6) is 0 Å². The Morgan fingerprint density at radius 3 is 2.26 bits per heavy atom. The largest absolute Gasteiger partial charge is 0.416 e. The van der Waals surface area contributed by atoms with Gasteiger partial charge in [0.25, 0.3) is 11.8 Å². The van der Waals surface area contributed by atoms with Crippen LogP contribution in [-0.2, 0) is 48.9 Å². The van der Waals surface area contributed by atoms with Gasteiger partial charge >= 0.3 is 12.4 Å². The van der Waals surface area contributed by atoms with Gasteiger partial charge in [0.15, 0.2) is 0 Å². The molecule has 6 rings (SSSR count). The molecular weight excluding hydrogens is 815 g/mol. The third-order valence-electron chi connectivity index (χ3n) is 11.6. The molecule has 3 aromatic carbocycles. The lowest BCUT2D eigenvalue weighted by Gasteiger charge is -2.46. The number of aliphatic hydroxyl groups excluding tert-OH is 1. The van der Waals surface area contributed by atoms with Crippen LogP contribution < -0.4 is 0 Å². The normalized spacial score (nSPS) is 21.0. The minimum Gasteiger partial charge on any atom is -0.396 e. The number of aliphatic hydroxyl groups is 1. The maximum atomic E-state index is 13.8. The number of amides is 2. The van der Waals surface area contributed by atoms with E-state index in [9.17, 15) is 35.9 Å². The molecule has 1 N–H and O–H groups in total. The highest BCUT2D eigenvalue weighted by Gasteiger charge is 2.50. The molecule has 2 heterocycles. The molecule has 2 atom stereocenters. The van der Waals surface area contributed by atoms with E-state index < -0.39 is 40.6 Å². The number of ether oxygens (including phenoxy) is 2. The van der Waals surface area contributed by atoms with E-state index >= 15 is 0 Å². The van der Waals surface area contributed by atoms with Crippen molar-refractivity contribution >= 4 is 35.0 Å². The van der Waals surface area contributed by atoms with Gasteiger partial charge in [0.05, 0.1) is 47.5 Å². The Morgan fingerprint density at radius 1 is 0.931 bits per heavy atom. The zero-order valence-corrected chi connectivity index (χ0v) is 33.3. The van der Waals surface area contributed by atoms with Gasteiger partial charge in [0.2, 0.25) is 0 Å². The lowest BCUT2D eigenvalue weighted by atomic mass is 9.72. The summed E-state index contributed by atoms with van der Waals surface area (Å²) in [5.74, 6) is -1.31. The summed E-state index contributed by atoms with van der Waals surface area (Å²) in [5, 5.41) is 10.9. The zero-order chi connectivity index (χ0) is 41.9. The number of likely N-dealkylation sites (tertiary alicyclic amines) is 1. The van der Waals surface area contributed by atoms with Crippen molar-refractivity contribution in [2.24, 2.45) is 0 Å². The number of hydroxylamine groups is 2. The summed E-state index contributed by atoms with van der Waals surface area (Å²) in [6.45, 7) is 1.62. The molecule has 0 saturated carbocycles. The Morgan fingerprint density at radius 2 is 1.62 bits per heavy atom. The number of halogens is 8. The van der Waals surface area contributed by atoms with E-state index in [4.69, 9.17) is 42.6 Å². The van der Waals surface area contributed by atoms with Crippen molar-refractivity contribution < 1.29 is 55.3 Å². The van der Waals surface area contributed by atoms with Crippen molar-refractivity contribution in [2.75, 3.05) is 66.2 Å². The van der Waals surface area contributed by atoms with Crippen LogP contribution in [0.1, 0.15) is 70.3 Å². The Bertz CT molecular complexity index is 1910. The van der Waals surface area contributed by atoms with Gasteiger partial charge in [-0.3, -0.25) is 14.4 Å². The first-order chi connectivity index (χ1) is 27.5. The Balaban J connectivity index is 1.20. The first-order valence-corrected chi connectivity index (χ1v) is 19.8. The number of morpholine rings is 1. The molecule has 0 aromatic heterocycles. The Hall–Kier alpha value is -3.44. The summed E-state index contributed by atoms with van der Waals surface area (Å²) in [6.07, 6.45) is -7.05. The minimum absolute atomic E-state index is 0.00566. The molecule has 9 nitrogen and oxygen atoms in total. The van der Waals surface area contributed by atoms with E-state index in [0.29, 0.717) is 82.4 Å². The maximum absolute atomic E-state index is 13.8. The molecule has 2 fully saturated rings. The number of fused-ring (bicyclic) bond motifs is 2. The summed E-state index contributed by atoms with van der Waals surface area (Å²) in [5.41, 5.74) is -2.60. The molecule has 3 aliphatic rings. The number of hydrogen-bond donors (Lipinski definition) is 1. The average molecular weight is 861 g/mol. The fraction of sp³-hybridized carbons (Fsp3) is 0.512. The van der Waals surface area contributed by atoms with Gasteiger partial charge in [-0.1, -0.05) is 53.5 Å². The number of hydrogen-bond acceptors (Lipinski definition) is 7. The maximum Gasteiger partial charge on any atom is 0.416 e. The predicted molar refractivity (Wildman–Crippen MR) is 203 cm³/mol. The molecule has 2 amide bonds. The molecule has 0 bridgehead atoms. The topological polar surface area (TPSA) is 91.8 Å². The van der Waals surface area contributed by atoms with Crippen LogP contribution in [0, 0.1) is 0 Å². The predicted octanol–water partition coefficient (Wildman–Crippen LogP) is 7.93. The number of piperidine rings is 1. The number of carbonyl (C=O) groups is 2. The fourth-order valence-electron chi connectivity index (χ4n) is 8.47. The van der Waals surface area contributed by atoms with Crippen molar-refractivity contribution in [2.45, 2.75) is 68.0 Å². The first-order valence-electron chi connectivity index (χ1n) is 19.1. The van der Waals surface area contributed by atoms with Gasteiger partial charge in [0.1, 0.15) is 12.2 Å². The van der Waals surface area contributed by atoms with E-state index in [-0.39, 0.29) is 66.4 Å². The second-order valence-electron chi connectivity index (χ2n) is 15.0. The highest BCUT2D eigenvalue weighted by atomic mass is 35.5. The fourth-order valence-corrected chi connectivity index (χ4v) is 8.77. The highest BCUT2D eigenvalue weighted by Crippen LogP contribution is 2.48. The van der Waals surface area contributed by atoms with Crippen LogP contribution in [0.4, 0.5) is 26.3 Å². The second-order valence-corrected chi connectivity index (χ2v) is 15.8. The number of unbranched alkanes of at least 4 members (excludes halogenated alkanes) is 1. The monoisotopic (exact) mass is 859 g/mol. The van der Waals surface area contributed by atoms with Crippen LogP contribution in [0.25, 0.3) is 0 Å². The molecule has 58 heavy (non-hydrogen) atoms. The van der Waals surface area contributed by atoms with Gasteiger partial charge < -0.3 is 24.4 Å². The summed E-state index contributed by atoms with van der Waals surface area (Å²) >= 11 is 12.7. The average Bonchev–Trinajstić information content (AvgIpc) is 3.50. The van der Waals surface area contributed by atoms with E-state index in [1.165, 1.54) is 22.6 Å². The molecule has 1 aliphatic carbocycles. The van der Waals surface area contributed by atoms with Crippen molar-refractivity contribution in [3.63, 3.8) is 0 Å². The van der Waals surface area contributed by atoms with Crippen LogP contribution >= 0.6 is 23.2 Å². The summed E-state index contributed by atoms with van der Waals surface area (Å²) in [6, 6.07) is 13.9. The van der Waals surface area contributed by atoms with E-state index in [1.807, 2.05) is 12.1 Å². The van der Waals surface area contributed by atoms with Gasteiger partial charge in [-0.15, -0.1) is 0 Å².